The predicted molar refractivity (Wildman–Crippen MR) is 295 cm³/mol. The van der Waals surface area contributed by atoms with Gasteiger partial charge in [-0.05, 0) is 91.4 Å². The third-order valence-electron chi connectivity index (χ3n) is 14.8. The second kappa shape index (κ2) is 22.9. The molecule has 8 rings (SSSR count). The highest BCUT2D eigenvalue weighted by Crippen LogP contribution is 2.54. The lowest BCUT2D eigenvalue weighted by Gasteiger charge is -2.29. The maximum atomic E-state index is 14.8. The molecule has 1 aliphatic carbocycles. The van der Waals surface area contributed by atoms with Gasteiger partial charge in [0.05, 0.1) is 64.2 Å². The number of amides is 1. The second-order valence-electron chi connectivity index (χ2n) is 20.6. The summed E-state index contributed by atoms with van der Waals surface area (Å²) in [6, 6.07) is 8.48. The molecule has 1 unspecified atom stereocenters. The number of ketones is 1. The molecular formula is C52H58N3O23S5+. The van der Waals surface area contributed by atoms with Crippen molar-refractivity contribution >= 4 is 107 Å². The van der Waals surface area contributed by atoms with Crippen molar-refractivity contribution in [2.24, 2.45) is 0 Å². The summed E-state index contributed by atoms with van der Waals surface area (Å²) in [5.74, 6) is -3.56. The largest absolute Gasteiger partial charge is 0.506 e. The molecule has 83 heavy (non-hydrogen) atoms. The summed E-state index contributed by atoms with van der Waals surface area (Å²) in [6.45, 7) is 9.00. The molecule has 1 saturated heterocycles. The Balaban J connectivity index is 1.30. The quantitative estimate of drug-likeness (QED) is 0.0231. The number of nitrogens with zero attached hydrogens (tertiary/aromatic N) is 3. The number of fused-ring (bicyclic) bond motifs is 6. The van der Waals surface area contributed by atoms with E-state index < -0.39 is 110 Å². The molecule has 1 amide bonds. The van der Waals surface area contributed by atoms with Crippen LogP contribution in [0.3, 0.4) is 0 Å². The molecular weight excluding hydrogens is 1190 g/mol. The lowest BCUT2D eigenvalue weighted by molar-refractivity contribution is -0.442. The van der Waals surface area contributed by atoms with Gasteiger partial charge < -0.3 is 29.1 Å². The minimum atomic E-state index is -5.24. The van der Waals surface area contributed by atoms with Gasteiger partial charge in [0, 0.05) is 71.8 Å². The molecule has 0 radical (unpaired) electrons. The lowest BCUT2D eigenvalue weighted by atomic mass is 9.72. The van der Waals surface area contributed by atoms with E-state index in [2.05, 4.69) is 6.58 Å². The van der Waals surface area contributed by atoms with Gasteiger partial charge in [-0.25, -0.2) is 4.79 Å². The van der Waals surface area contributed by atoms with Crippen LogP contribution < -0.4 is 4.90 Å². The number of allylic oxidation sites excluding steroid dienone is 6. The number of rotatable bonds is 24. The first-order chi connectivity index (χ1) is 38.5. The van der Waals surface area contributed by atoms with Gasteiger partial charge in [0.15, 0.2) is 12.3 Å². The third kappa shape index (κ3) is 12.6. The number of carbonyl (C=O) groups is 3. The molecule has 0 bridgehead atoms. The molecule has 26 nitrogen and oxygen atoms in total. The Morgan fingerprint density at radius 1 is 0.711 bits per heavy atom. The van der Waals surface area contributed by atoms with Gasteiger partial charge in [-0.2, -0.15) is 46.7 Å². The summed E-state index contributed by atoms with van der Waals surface area (Å²) >= 11 is 0. The first-order valence-corrected chi connectivity index (χ1v) is 32.7. The minimum absolute atomic E-state index is 0.0226. The van der Waals surface area contributed by atoms with Gasteiger partial charge in [0.2, 0.25) is 11.5 Å². The Kier molecular flexibility index (Phi) is 17.3. The van der Waals surface area contributed by atoms with Crippen molar-refractivity contribution in [2.45, 2.75) is 89.7 Å². The molecule has 4 aliphatic rings. The Bertz CT molecular complexity index is 4170. The number of methoxy groups -OCH3 is 1. The van der Waals surface area contributed by atoms with Gasteiger partial charge in [0.25, 0.3) is 56.5 Å². The van der Waals surface area contributed by atoms with Crippen molar-refractivity contribution in [3.8, 4) is 0 Å². The van der Waals surface area contributed by atoms with E-state index in [1.807, 2.05) is 0 Å². The molecule has 4 aromatic carbocycles. The number of hydrogen-bond donors (Lipinski definition) is 6. The van der Waals surface area contributed by atoms with Crippen LogP contribution in [-0.2, 0) is 94.9 Å². The van der Waals surface area contributed by atoms with Gasteiger partial charge in [-0.1, -0.05) is 26.5 Å². The molecule has 0 aromatic heterocycles. The van der Waals surface area contributed by atoms with E-state index in [0.717, 1.165) is 17.2 Å². The standard InChI is InChI=1S/C52H57N3O23S5/c1-30-9-14-45(56)55(30)78-46(57)8-6-16-53-39-12-10-33-35(24-31(80(63,64)65)26-41(33)82(69,70)71)47(39)51(2,3)43(53)28-37-49(58)38(50(37)59)29-44-52(4,15-7-23-79(60,61)62)48-36-25-32(81(66,67)68)27-42(83(72,73)74)34(36)11-13-40(48)54(44)17-18-76-21-22-77-20-19-75-5/h10-13,24-29H,1,6-9,14-23H2,2-5H3,(H5-,58,59,60,61,62,63,64,65,66,67,68,69,70,71,72,73,74)/p+1. The topological polar surface area (TPSA) is 390 Å². The van der Waals surface area contributed by atoms with Crippen LogP contribution in [0.25, 0.3) is 21.5 Å². The second-order valence-corrected chi connectivity index (χ2v) is 27.8. The van der Waals surface area contributed by atoms with Gasteiger partial charge in [-0.15, -0.1) is 5.06 Å². The Hall–Kier alpha value is -6.33. The summed E-state index contributed by atoms with van der Waals surface area (Å²) in [6.07, 6.45) is 2.04. The molecule has 0 saturated carbocycles. The van der Waals surface area contributed by atoms with Crippen LogP contribution in [0.15, 0.2) is 115 Å². The first-order valence-electron chi connectivity index (χ1n) is 25.3. The third-order valence-corrected chi connectivity index (χ3v) is 19.1. The lowest BCUT2D eigenvalue weighted by Crippen LogP contribution is -2.35. The number of aliphatic hydroxyl groups excluding tert-OH is 1. The molecule has 0 spiro atoms. The maximum Gasteiger partial charge on any atom is 0.333 e. The average molecular weight is 1250 g/mol. The van der Waals surface area contributed by atoms with E-state index in [9.17, 15) is 84.3 Å². The maximum absolute atomic E-state index is 14.8. The molecule has 448 valence electrons. The van der Waals surface area contributed by atoms with Crippen LogP contribution in [-0.4, -0.2) is 162 Å². The van der Waals surface area contributed by atoms with Crippen LogP contribution in [0.4, 0.5) is 11.4 Å². The number of hydrogen-bond acceptors (Lipinski definition) is 19. The van der Waals surface area contributed by atoms with E-state index in [0.29, 0.717) is 18.7 Å². The summed E-state index contributed by atoms with van der Waals surface area (Å²) in [5, 5.41) is 12.3. The smallest absolute Gasteiger partial charge is 0.333 e. The minimum Gasteiger partial charge on any atom is -0.506 e. The highest BCUT2D eigenvalue weighted by Gasteiger charge is 2.51. The molecule has 6 N–H and O–H groups in total. The Morgan fingerprint density at radius 3 is 1.81 bits per heavy atom. The normalized spacial score (nSPS) is 19.5. The number of hydroxylamine groups is 2. The fourth-order valence-corrected chi connectivity index (χ4v) is 14.2. The van der Waals surface area contributed by atoms with Crippen LogP contribution >= 0.6 is 0 Å². The van der Waals surface area contributed by atoms with Crippen LogP contribution in [0.5, 0.6) is 0 Å². The van der Waals surface area contributed by atoms with Crippen molar-refractivity contribution in [1.82, 2.24) is 5.06 Å². The average Bonchev–Trinajstić information content (AvgIpc) is 1.70. The highest BCUT2D eigenvalue weighted by atomic mass is 32.2. The van der Waals surface area contributed by atoms with Crippen LogP contribution in [0.1, 0.15) is 70.4 Å². The Morgan fingerprint density at radius 2 is 1.28 bits per heavy atom. The number of carbonyl (C=O) groups excluding carboxylic acids is 3. The summed E-state index contributed by atoms with van der Waals surface area (Å²) in [4.78, 5) is 43.6. The van der Waals surface area contributed by atoms with Crippen molar-refractivity contribution in [3.05, 3.63) is 107 Å². The summed E-state index contributed by atoms with van der Waals surface area (Å²) < 4.78 is 195. The fraction of sp³-hybridized carbons (Fsp3) is 0.385. The molecule has 4 aromatic rings. The molecule has 31 heteroatoms. The SMILES string of the molecule is C=C1CCC(=O)N1OC(=O)CCCN1/C(=C/C2=C(O)C(=C/C3=[N+](CCOCCOCCOC)c4ccc5c(S(=O)(=O)O)cc(S(=O)(=O)O)cc5c4C3(C)CCCS(=O)(=O)O)/C2=O)C(C)(C)c2c1ccc1c(S(=O)(=O)O)cc(S(=O)(=O)O)cc21. The number of aliphatic hydroxyl groups is 1. The zero-order valence-corrected chi connectivity index (χ0v) is 49.0. The zero-order chi connectivity index (χ0) is 61.2. The molecule has 1 atom stereocenters. The van der Waals surface area contributed by atoms with Gasteiger partial charge >= 0.3 is 5.97 Å². The summed E-state index contributed by atoms with van der Waals surface area (Å²) in [7, 11) is -23.9. The van der Waals surface area contributed by atoms with Crippen molar-refractivity contribution in [2.75, 3.05) is 63.9 Å². The molecule has 1 fully saturated rings. The highest BCUT2D eigenvalue weighted by molar-refractivity contribution is 7.87. The van der Waals surface area contributed by atoms with E-state index in [1.165, 1.54) is 43.5 Å². The number of Topliss-reactive ketones (excluding diaryl/α,β-unsaturated/α-hetero) is 1. The molecule has 3 heterocycles. The van der Waals surface area contributed by atoms with E-state index in [4.69, 9.17) is 19.0 Å². The van der Waals surface area contributed by atoms with Crippen LogP contribution in [0, 0.1) is 0 Å². The number of benzene rings is 4. The van der Waals surface area contributed by atoms with Gasteiger partial charge in [0.1, 0.15) is 22.2 Å². The Labute approximate surface area is 477 Å². The van der Waals surface area contributed by atoms with E-state index in [1.54, 1.807) is 30.2 Å². The predicted octanol–water partition coefficient (Wildman–Crippen LogP) is 5.06. The van der Waals surface area contributed by atoms with Crippen molar-refractivity contribution < 1.29 is 108 Å². The van der Waals surface area contributed by atoms with Crippen LogP contribution in [0.2, 0.25) is 0 Å². The van der Waals surface area contributed by atoms with Gasteiger partial charge in [-0.3, -0.25) is 32.4 Å². The first kappa shape index (κ1) is 62.7. The van der Waals surface area contributed by atoms with Crippen molar-refractivity contribution in [3.63, 3.8) is 0 Å². The number of ether oxygens (including phenoxy) is 3. The summed E-state index contributed by atoms with van der Waals surface area (Å²) in [5.41, 5.74) is -2.30. The molecule has 3 aliphatic heterocycles. The van der Waals surface area contributed by atoms with E-state index in [-0.39, 0.29) is 150 Å². The zero-order valence-electron chi connectivity index (χ0n) is 44.9. The fourth-order valence-electron chi connectivity index (χ4n) is 11.0. The number of anilines is 1. The van der Waals surface area contributed by atoms with Crippen molar-refractivity contribution in [1.29, 1.82) is 0 Å². The monoisotopic (exact) mass is 1250 g/mol. The van der Waals surface area contributed by atoms with E-state index >= 15 is 0 Å².